The van der Waals surface area contributed by atoms with Gasteiger partial charge in [0.25, 0.3) is 0 Å². The fraction of sp³-hybridized carbons (Fsp3) is 0.880. The molecule has 0 saturated carbocycles. The molecule has 0 radical (unpaired) electrons. The molecule has 1 amide bonds. The largest absolute Gasteiger partial charge is 0.466 e. The van der Waals surface area contributed by atoms with Crippen molar-refractivity contribution in [3.8, 4) is 0 Å². The number of rotatable bonds is 42. The van der Waals surface area contributed by atoms with Crippen LogP contribution in [0.3, 0.4) is 0 Å². The van der Waals surface area contributed by atoms with Crippen molar-refractivity contribution < 1.29 is 49.3 Å². The van der Waals surface area contributed by atoms with Gasteiger partial charge in [-0.25, -0.2) is 0 Å². The number of unbranched alkanes of at least 4 members (excludes halogenated alkanes) is 26. The van der Waals surface area contributed by atoms with Crippen LogP contribution in [0.25, 0.3) is 0 Å². The maximum absolute atomic E-state index is 12.9. The Labute approximate surface area is 371 Å². The molecule has 1 aliphatic rings. The molecular formula is C50H93NO10. The van der Waals surface area contributed by atoms with Crippen LogP contribution in [0.1, 0.15) is 219 Å². The maximum atomic E-state index is 12.9. The number of amides is 1. The summed E-state index contributed by atoms with van der Waals surface area (Å²) < 4.78 is 16.6. The van der Waals surface area contributed by atoms with Gasteiger partial charge in [-0.2, -0.15) is 0 Å². The van der Waals surface area contributed by atoms with Crippen LogP contribution >= 0.6 is 0 Å². The maximum Gasteiger partial charge on any atom is 0.305 e. The van der Waals surface area contributed by atoms with Gasteiger partial charge in [0.15, 0.2) is 6.29 Å². The Hall–Kier alpha value is -1.86. The van der Waals surface area contributed by atoms with Crippen molar-refractivity contribution in [2.45, 2.75) is 262 Å². The molecule has 0 spiro atoms. The number of nitrogens with one attached hydrogen (secondary N) is 1. The smallest absolute Gasteiger partial charge is 0.305 e. The minimum absolute atomic E-state index is 0.0441. The van der Waals surface area contributed by atoms with Gasteiger partial charge in [-0.15, -0.1) is 0 Å². The topological polar surface area (TPSA) is 175 Å². The molecule has 0 aliphatic carbocycles. The van der Waals surface area contributed by atoms with E-state index in [4.69, 9.17) is 14.2 Å². The molecule has 0 aromatic heterocycles. The summed E-state index contributed by atoms with van der Waals surface area (Å²) in [6.07, 6.45) is 35.4. The Morgan fingerprint density at radius 3 is 1.61 bits per heavy atom. The average Bonchev–Trinajstić information content (AvgIpc) is 3.25. The molecule has 11 heteroatoms. The molecule has 1 aliphatic heterocycles. The van der Waals surface area contributed by atoms with Crippen molar-refractivity contribution in [1.82, 2.24) is 5.32 Å². The number of carbonyl (C=O) groups excluding carboxylic acids is 2. The second-order valence-corrected chi connectivity index (χ2v) is 17.5. The van der Waals surface area contributed by atoms with E-state index in [9.17, 15) is 35.1 Å². The van der Waals surface area contributed by atoms with Gasteiger partial charge in [-0.1, -0.05) is 173 Å². The summed E-state index contributed by atoms with van der Waals surface area (Å²) >= 11 is 0. The number of aliphatic hydroxyl groups is 5. The first-order valence-corrected chi connectivity index (χ1v) is 25.1. The van der Waals surface area contributed by atoms with E-state index in [1.54, 1.807) is 6.08 Å². The summed E-state index contributed by atoms with van der Waals surface area (Å²) in [6, 6.07) is -0.819. The normalized spacial score (nSPS) is 20.4. The standard InChI is InChI=1S/C50H93NO10/c1-3-5-7-9-11-13-14-18-22-26-30-34-38-46(55)59-39-35-31-27-23-19-16-15-17-21-25-29-33-37-45(54)51-42(43(53)36-32-28-24-20-12-10-8-6-4-2)41-60-50-49(58)48(57)47(56)44(40-52)61-50/h11,13,32,36,42-44,47-50,52-53,56-58H,3-10,12,14-31,33-35,37-41H2,1-2H3,(H,51,54)/b13-11-,36-32+. The van der Waals surface area contributed by atoms with Crippen LogP contribution in [-0.4, -0.2) is 100 Å². The molecule has 61 heavy (non-hydrogen) atoms. The minimum atomic E-state index is -1.58. The average molecular weight is 868 g/mol. The predicted octanol–water partition coefficient (Wildman–Crippen LogP) is 9.83. The second-order valence-electron chi connectivity index (χ2n) is 17.5. The summed E-state index contributed by atoms with van der Waals surface area (Å²) in [7, 11) is 0. The van der Waals surface area contributed by atoms with E-state index in [0.717, 1.165) is 70.6 Å². The summed E-state index contributed by atoms with van der Waals surface area (Å²) in [5, 5.41) is 54.0. The third-order valence-corrected chi connectivity index (χ3v) is 11.8. The zero-order chi connectivity index (χ0) is 44.6. The molecule has 1 rings (SSSR count). The van der Waals surface area contributed by atoms with Crippen LogP contribution in [0.2, 0.25) is 0 Å². The van der Waals surface area contributed by atoms with E-state index in [2.05, 4.69) is 31.3 Å². The number of esters is 1. The highest BCUT2D eigenvalue weighted by Gasteiger charge is 2.44. The van der Waals surface area contributed by atoms with E-state index < -0.39 is 49.5 Å². The first-order chi connectivity index (χ1) is 29.7. The van der Waals surface area contributed by atoms with Crippen LogP contribution in [0.15, 0.2) is 24.3 Å². The van der Waals surface area contributed by atoms with Gasteiger partial charge in [0.2, 0.25) is 5.91 Å². The van der Waals surface area contributed by atoms with Gasteiger partial charge in [0.05, 0.1) is 32.0 Å². The summed E-state index contributed by atoms with van der Waals surface area (Å²) in [6.45, 7) is 4.22. The lowest BCUT2D eigenvalue weighted by Crippen LogP contribution is -2.60. The molecule has 0 aromatic rings. The highest BCUT2D eigenvalue weighted by Crippen LogP contribution is 2.23. The zero-order valence-corrected chi connectivity index (χ0v) is 38.9. The highest BCUT2D eigenvalue weighted by molar-refractivity contribution is 5.76. The summed E-state index contributed by atoms with van der Waals surface area (Å²) in [5.74, 6) is -0.245. The molecule has 0 aromatic carbocycles. The van der Waals surface area contributed by atoms with E-state index in [1.165, 1.54) is 122 Å². The van der Waals surface area contributed by atoms with Crippen LogP contribution in [0.5, 0.6) is 0 Å². The van der Waals surface area contributed by atoms with Crippen LogP contribution in [-0.2, 0) is 23.8 Å². The molecule has 1 fully saturated rings. The second kappa shape index (κ2) is 40.9. The van der Waals surface area contributed by atoms with Crippen molar-refractivity contribution in [2.75, 3.05) is 19.8 Å². The van der Waals surface area contributed by atoms with E-state index in [-0.39, 0.29) is 18.5 Å². The summed E-state index contributed by atoms with van der Waals surface area (Å²) in [4.78, 5) is 25.0. The summed E-state index contributed by atoms with van der Waals surface area (Å²) in [5.41, 5.74) is 0. The van der Waals surface area contributed by atoms with Gasteiger partial charge in [-0.05, 0) is 57.8 Å². The lowest BCUT2D eigenvalue weighted by molar-refractivity contribution is -0.302. The van der Waals surface area contributed by atoms with Crippen molar-refractivity contribution in [1.29, 1.82) is 0 Å². The minimum Gasteiger partial charge on any atom is -0.466 e. The number of carbonyl (C=O) groups is 2. The quantitative estimate of drug-likeness (QED) is 0.0197. The molecule has 1 saturated heterocycles. The van der Waals surface area contributed by atoms with Crippen LogP contribution in [0, 0.1) is 0 Å². The number of hydrogen-bond donors (Lipinski definition) is 6. The fourth-order valence-corrected chi connectivity index (χ4v) is 7.72. The van der Waals surface area contributed by atoms with Gasteiger partial charge in [0.1, 0.15) is 24.4 Å². The first-order valence-electron chi connectivity index (χ1n) is 25.1. The van der Waals surface area contributed by atoms with Crippen LogP contribution < -0.4 is 5.32 Å². The molecule has 1 heterocycles. The van der Waals surface area contributed by atoms with Gasteiger partial charge in [0, 0.05) is 12.8 Å². The van der Waals surface area contributed by atoms with Crippen molar-refractivity contribution in [3.63, 3.8) is 0 Å². The molecule has 358 valence electrons. The Morgan fingerprint density at radius 2 is 1.05 bits per heavy atom. The number of ether oxygens (including phenoxy) is 3. The first kappa shape index (κ1) is 57.2. The monoisotopic (exact) mass is 868 g/mol. The highest BCUT2D eigenvalue weighted by atomic mass is 16.7. The molecule has 7 unspecified atom stereocenters. The Balaban J connectivity index is 2.15. The third-order valence-electron chi connectivity index (χ3n) is 11.8. The Bertz CT molecular complexity index is 1070. The third kappa shape index (κ3) is 31.6. The Morgan fingerprint density at radius 1 is 0.590 bits per heavy atom. The fourth-order valence-electron chi connectivity index (χ4n) is 7.72. The van der Waals surface area contributed by atoms with Crippen molar-refractivity contribution >= 4 is 11.9 Å². The number of aliphatic hydroxyl groups excluding tert-OH is 5. The molecule has 0 bridgehead atoms. The zero-order valence-electron chi connectivity index (χ0n) is 38.9. The molecule has 6 N–H and O–H groups in total. The molecule has 7 atom stereocenters. The van der Waals surface area contributed by atoms with E-state index >= 15 is 0 Å². The van der Waals surface area contributed by atoms with Gasteiger partial charge >= 0.3 is 5.97 Å². The van der Waals surface area contributed by atoms with Crippen molar-refractivity contribution in [3.05, 3.63) is 24.3 Å². The van der Waals surface area contributed by atoms with Gasteiger partial charge in [-0.3, -0.25) is 9.59 Å². The van der Waals surface area contributed by atoms with E-state index in [1.807, 2.05) is 6.08 Å². The van der Waals surface area contributed by atoms with Crippen LogP contribution in [0.4, 0.5) is 0 Å². The van der Waals surface area contributed by atoms with Gasteiger partial charge < -0.3 is 45.1 Å². The predicted molar refractivity (Wildman–Crippen MR) is 246 cm³/mol. The SMILES string of the molecule is CCCCC/C=C\CCCCCCCC(=O)OCCCCCCCCCCCCCCC(=O)NC(COC1OC(CO)C(O)C(O)C1O)C(O)/C=C/CCCCCCCCC. The van der Waals surface area contributed by atoms with E-state index in [0.29, 0.717) is 19.4 Å². The molecule has 11 nitrogen and oxygen atoms in total. The van der Waals surface area contributed by atoms with Crippen molar-refractivity contribution in [2.24, 2.45) is 0 Å². The molecular weight excluding hydrogens is 775 g/mol. The number of allylic oxidation sites excluding steroid dienone is 3. The lowest BCUT2D eigenvalue weighted by atomic mass is 9.99. The number of hydrogen-bond acceptors (Lipinski definition) is 10. The lowest BCUT2D eigenvalue weighted by Gasteiger charge is -2.40. The Kier molecular flexibility index (Phi) is 38.3.